The standard InChI is InChI=1S/C22H27ClN2O3S/c1-22(2,3)14-6-9-16-17(12-14)29-21(18(16)20(28)24-10-11-26)25-19(27)13-4-7-15(23)8-5-13/h4-5,7-8,14,26H,6,9-12H2,1-3H3,(H,24,28)(H,25,27). The maximum atomic E-state index is 12.8. The van der Waals surface area contributed by atoms with Crippen LogP contribution in [0, 0.1) is 11.3 Å². The van der Waals surface area contributed by atoms with Gasteiger partial charge in [-0.2, -0.15) is 0 Å². The molecule has 3 N–H and O–H groups in total. The van der Waals surface area contributed by atoms with Crippen LogP contribution in [0.25, 0.3) is 0 Å². The number of aliphatic hydroxyl groups is 1. The van der Waals surface area contributed by atoms with Crippen molar-refractivity contribution in [1.82, 2.24) is 5.32 Å². The number of fused-ring (bicyclic) bond motifs is 1. The number of hydrogen-bond donors (Lipinski definition) is 3. The fourth-order valence-electron chi connectivity index (χ4n) is 3.69. The van der Waals surface area contributed by atoms with Crippen molar-refractivity contribution in [3.8, 4) is 0 Å². The van der Waals surface area contributed by atoms with E-state index in [0.29, 0.717) is 27.1 Å². The Kier molecular flexibility index (Phi) is 6.66. The second kappa shape index (κ2) is 8.86. The van der Waals surface area contributed by atoms with Crippen LogP contribution in [-0.2, 0) is 12.8 Å². The molecule has 7 heteroatoms. The Morgan fingerprint density at radius 2 is 1.90 bits per heavy atom. The normalized spacial score (nSPS) is 16.2. The highest BCUT2D eigenvalue weighted by Crippen LogP contribution is 2.44. The largest absolute Gasteiger partial charge is 0.395 e. The van der Waals surface area contributed by atoms with Gasteiger partial charge >= 0.3 is 0 Å². The van der Waals surface area contributed by atoms with Crippen LogP contribution >= 0.6 is 22.9 Å². The molecule has 0 fully saturated rings. The van der Waals surface area contributed by atoms with Crippen LogP contribution in [-0.4, -0.2) is 30.1 Å². The zero-order chi connectivity index (χ0) is 21.2. The molecule has 29 heavy (non-hydrogen) atoms. The number of thiophene rings is 1. The fraction of sp³-hybridized carbons (Fsp3) is 0.455. The van der Waals surface area contributed by atoms with Gasteiger partial charge in [0.2, 0.25) is 0 Å². The summed E-state index contributed by atoms with van der Waals surface area (Å²) in [5.74, 6) is 0.00262. The summed E-state index contributed by atoms with van der Waals surface area (Å²) in [5.41, 5.74) is 2.23. The van der Waals surface area contributed by atoms with Crippen molar-refractivity contribution in [3.05, 3.63) is 50.9 Å². The van der Waals surface area contributed by atoms with E-state index in [4.69, 9.17) is 16.7 Å². The Hall–Kier alpha value is -1.89. The average molecular weight is 435 g/mol. The molecule has 1 aromatic carbocycles. The van der Waals surface area contributed by atoms with Gasteiger partial charge in [0.15, 0.2) is 0 Å². The van der Waals surface area contributed by atoms with Crippen LogP contribution in [0.2, 0.25) is 5.02 Å². The molecule has 1 aliphatic carbocycles. The van der Waals surface area contributed by atoms with Crippen molar-refractivity contribution >= 4 is 39.8 Å². The van der Waals surface area contributed by atoms with Gasteiger partial charge in [-0.1, -0.05) is 32.4 Å². The third-order valence-corrected chi connectivity index (χ3v) is 6.87. The van der Waals surface area contributed by atoms with E-state index in [1.54, 1.807) is 24.3 Å². The minimum absolute atomic E-state index is 0.128. The Morgan fingerprint density at radius 1 is 1.21 bits per heavy atom. The molecule has 2 aromatic rings. The van der Waals surface area contributed by atoms with Crippen LogP contribution < -0.4 is 10.6 Å². The molecule has 3 rings (SSSR count). The molecule has 5 nitrogen and oxygen atoms in total. The van der Waals surface area contributed by atoms with Gasteiger partial charge in [0.05, 0.1) is 12.2 Å². The molecule has 0 bridgehead atoms. The van der Waals surface area contributed by atoms with Crippen LogP contribution in [0.4, 0.5) is 5.00 Å². The number of carbonyl (C=O) groups is 2. The molecule has 1 aliphatic rings. The minimum atomic E-state index is -0.274. The maximum absolute atomic E-state index is 12.8. The summed E-state index contributed by atoms with van der Waals surface area (Å²) in [6, 6.07) is 6.65. The van der Waals surface area contributed by atoms with Crippen molar-refractivity contribution in [1.29, 1.82) is 0 Å². The molecule has 2 amide bonds. The number of aliphatic hydroxyl groups excluding tert-OH is 1. The fourth-order valence-corrected chi connectivity index (χ4v) is 5.13. The van der Waals surface area contributed by atoms with E-state index in [1.165, 1.54) is 11.3 Å². The second-order valence-corrected chi connectivity index (χ2v) is 10.00. The summed E-state index contributed by atoms with van der Waals surface area (Å²) < 4.78 is 0. The second-order valence-electron chi connectivity index (χ2n) is 8.45. The van der Waals surface area contributed by atoms with Crippen LogP contribution in [0.15, 0.2) is 24.3 Å². The van der Waals surface area contributed by atoms with E-state index in [9.17, 15) is 9.59 Å². The number of hydrogen-bond acceptors (Lipinski definition) is 4. The highest BCUT2D eigenvalue weighted by molar-refractivity contribution is 7.17. The molecule has 0 saturated carbocycles. The number of rotatable bonds is 5. The lowest BCUT2D eigenvalue weighted by atomic mass is 9.72. The molecule has 1 unspecified atom stereocenters. The molecule has 1 heterocycles. The first-order chi connectivity index (χ1) is 13.7. The molecular weight excluding hydrogens is 408 g/mol. The molecule has 1 atom stereocenters. The first kappa shape index (κ1) is 21.8. The highest BCUT2D eigenvalue weighted by Gasteiger charge is 2.34. The Morgan fingerprint density at radius 3 is 2.52 bits per heavy atom. The van der Waals surface area contributed by atoms with Crippen molar-refractivity contribution < 1.29 is 14.7 Å². The quantitative estimate of drug-likeness (QED) is 0.647. The summed E-state index contributed by atoms with van der Waals surface area (Å²) in [4.78, 5) is 26.7. The Balaban J connectivity index is 1.92. The molecule has 1 aromatic heterocycles. The number of amides is 2. The predicted molar refractivity (Wildman–Crippen MR) is 118 cm³/mol. The zero-order valence-electron chi connectivity index (χ0n) is 17.0. The van der Waals surface area contributed by atoms with Crippen LogP contribution in [0.3, 0.4) is 0 Å². The lowest BCUT2D eigenvalue weighted by Crippen LogP contribution is -2.30. The summed E-state index contributed by atoms with van der Waals surface area (Å²) >= 11 is 7.40. The molecular formula is C22H27ClN2O3S. The van der Waals surface area contributed by atoms with E-state index in [-0.39, 0.29) is 30.4 Å². The third kappa shape index (κ3) is 5.00. The lowest BCUT2D eigenvalue weighted by molar-refractivity contribution is 0.0944. The monoisotopic (exact) mass is 434 g/mol. The zero-order valence-corrected chi connectivity index (χ0v) is 18.5. The van der Waals surface area contributed by atoms with Crippen LogP contribution in [0.5, 0.6) is 0 Å². The minimum Gasteiger partial charge on any atom is -0.395 e. The Labute approximate surface area is 180 Å². The number of carbonyl (C=O) groups excluding carboxylic acids is 2. The van der Waals surface area contributed by atoms with Gasteiger partial charge in [0, 0.05) is 22.0 Å². The van der Waals surface area contributed by atoms with Crippen molar-refractivity contribution in [3.63, 3.8) is 0 Å². The van der Waals surface area contributed by atoms with E-state index in [1.807, 2.05) is 0 Å². The van der Waals surface area contributed by atoms with Gasteiger partial charge in [-0.05, 0) is 60.4 Å². The van der Waals surface area contributed by atoms with Gasteiger partial charge < -0.3 is 15.7 Å². The summed E-state index contributed by atoms with van der Waals surface area (Å²) in [7, 11) is 0. The SMILES string of the molecule is CC(C)(C)C1CCc2c(sc(NC(=O)c3ccc(Cl)cc3)c2C(=O)NCCO)C1. The molecule has 0 radical (unpaired) electrons. The number of nitrogens with one attached hydrogen (secondary N) is 2. The van der Waals surface area contributed by atoms with Gasteiger partial charge in [0.25, 0.3) is 11.8 Å². The topological polar surface area (TPSA) is 78.4 Å². The molecule has 0 spiro atoms. The van der Waals surface area contributed by atoms with E-state index >= 15 is 0 Å². The Bertz CT molecular complexity index is 900. The first-order valence-corrected chi connectivity index (χ1v) is 11.0. The molecule has 0 aliphatic heterocycles. The first-order valence-electron chi connectivity index (χ1n) is 9.81. The van der Waals surface area contributed by atoms with Crippen molar-refractivity contribution in [2.45, 2.75) is 40.0 Å². The van der Waals surface area contributed by atoms with Crippen molar-refractivity contribution in [2.75, 3.05) is 18.5 Å². The number of benzene rings is 1. The smallest absolute Gasteiger partial charge is 0.256 e. The highest BCUT2D eigenvalue weighted by atomic mass is 35.5. The van der Waals surface area contributed by atoms with E-state index < -0.39 is 0 Å². The number of anilines is 1. The molecule has 156 valence electrons. The summed E-state index contributed by atoms with van der Waals surface area (Å²) in [5, 5.41) is 15.9. The van der Waals surface area contributed by atoms with Gasteiger partial charge in [0.1, 0.15) is 5.00 Å². The predicted octanol–water partition coefficient (Wildman–Crippen LogP) is 4.53. The van der Waals surface area contributed by atoms with Gasteiger partial charge in [-0.3, -0.25) is 9.59 Å². The van der Waals surface area contributed by atoms with Gasteiger partial charge in [-0.25, -0.2) is 0 Å². The molecule has 0 saturated heterocycles. The number of halogens is 1. The van der Waals surface area contributed by atoms with Crippen LogP contribution in [0.1, 0.15) is 58.3 Å². The summed E-state index contributed by atoms with van der Waals surface area (Å²) in [6.07, 6.45) is 2.73. The average Bonchev–Trinajstić information content (AvgIpc) is 3.02. The van der Waals surface area contributed by atoms with Crippen molar-refractivity contribution in [2.24, 2.45) is 11.3 Å². The summed E-state index contributed by atoms with van der Waals surface area (Å²) in [6.45, 7) is 6.78. The van der Waals surface area contributed by atoms with Gasteiger partial charge in [-0.15, -0.1) is 11.3 Å². The third-order valence-electron chi connectivity index (χ3n) is 5.45. The van der Waals surface area contributed by atoms with E-state index in [2.05, 4.69) is 31.4 Å². The lowest BCUT2D eigenvalue weighted by Gasteiger charge is -2.33. The van der Waals surface area contributed by atoms with E-state index in [0.717, 1.165) is 29.7 Å². The maximum Gasteiger partial charge on any atom is 0.256 e.